The molecular weight excluding hydrogens is 322 g/mol. The lowest BCUT2D eigenvalue weighted by atomic mass is 10.1. The predicted octanol–water partition coefficient (Wildman–Crippen LogP) is 3.06. The SMILES string of the molecule is CC(C)S(=O)(=O)N[C@H]1Cc2ccc(COc3ccccc3)cc2C1. The maximum atomic E-state index is 12.0. The zero-order valence-corrected chi connectivity index (χ0v) is 14.8. The van der Waals surface area contributed by atoms with E-state index in [1.54, 1.807) is 13.8 Å². The lowest BCUT2D eigenvalue weighted by Crippen LogP contribution is -2.39. The molecule has 0 fully saturated rings. The van der Waals surface area contributed by atoms with Gasteiger partial charge in [-0.1, -0.05) is 36.4 Å². The van der Waals surface area contributed by atoms with Crippen LogP contribution < -0.4 is 9.46 Å². The number of benzene rings is 2. The van der Waals surface area contributed by atoms with Gasteiger partial charge < -0.3 is 4.74 Å². The quantitative estimate of drug-likeness (QED) is 0.875. The highest BCUT2D eigenvalue weighted by atomic mass is 32.2. The molecule has 0 aromatic heterocycles. The lowest BCUT2D eigenvalue weighted by Gasteiger charge is -2.14. The van der Waals surface area contributed by atoms with Crippen molar-refractivity contribution in [1.82, 2.24) is 4.72 Å². The topological polar surface area (TPSA) is 55.4 Å². The van der Waals surface area contributed by atoms with E-state index < -0.39 is 15.3 Å². The first-order valence-corrected chi connectivity index (χ1v) is 9.78. The van der Waals surface area contributed by atoms with E-state index in [1.807, 2.05) is 30.3 Å². The maximum absolute atomic E-state index is 12.0. The Morgan fingerprint density at radius 3 is 2.50 bits per heavy atom. The smallest absolute Gasteiger partial charge is 0.214 e. The second-order valence-electron chi connectivity index (χ2n) is 6.52. The fraction of sp³-hybridized carbons (Fsp3) is 0.368. The van der Waals surface area contributed by atoms with Crippen molar-refractivity contribution < 1.29 is 13.2 Å². The minimum absolute atomic E-state index is 0.0438. The van der Waals surface area contributed by atoms with Crippen LogP contribution in [0.1, 0.15) is 30.5 Å². The Balaban J connectivity index is 1.64. The van der Waals surface area contributed by atoms with Gasteiger partial charge in [-0.15, -0.1) is 0 Å². The van der Waals surface area contributed by atoms with Gasteiger partial charge in [0.15, 0.2) is 0 Å². The van der Waals surface area contributed by atoms with E-state index in [9.17, 15) is 8.42 Å². The largest absolute Gasteiger partial charge is 0.489 e. The average molecular weight is 345 g/mol. The standard InChI is InChI=1S/C19H23NO3S/c1-14(2)24(21,22)20-18-11-16-9-8-15(10-17(16)12-18)13-23-19-6-4-3-5-7-19/h3-10,14,18,20H,11-13H2,1-2H3/t18-/m0/s1. The van der Waals surface area contributed by atoms with Gasteiger partial charge in [-0.3, -0.25) is 0 Å². The van der Waals surface area contributed by atoms with Crippen LogP contribution in [0.5, 0.6) is 5.75 Å². The van der Waals surface area contributed by atoms with Crippen molar-refractivity contribution in [2.75, 3.05) is 0 Å². The first kappa shape index (κ1) is 17.0. The van der Waals surface area contributed by atoms with Gasteiger partial charge in [0.25, 0.3) is 0 Å². The van der Waals surface area contributed by atoms with Gasteiger partial charge in [-0.2, -0.15) is 0 Å². The van der Waals surface area contributed by atoms with Crippen molar-refractivity contribution in [2.24, 2.45) is 0 Å². The molecule has 1 atom stereocenters. The zero-order valence-electron chi connectivity index (χ0n) is 14.0. The Morgan fingerprint density at radius 2 is 1.79 bits per heavy atom. The number of fused-ring (bicyclic) bond motifs is 1. The van der Waals surface area contributed by atoms with Gasteiger partial charge in [0.05, 0.1) is 5.25 Å². The van der Waals surface area contributed by atoms with E-state index in [0.717, 1.165) is 24.2 Å². The molecule has 0 spiro atoms. The monoisotopic (exact) mass is 345 g/mol. The fourth-order valence-electron chi connectivity index (χ4n) is 2.90. The van der Waals surface area contributed by atoms with E-state index in [1.165, 1.54) is 11.1 Å². The molecule has 5 heteroatoms. The van der Waals surface area contributed by atoms with E-state index >= 15 is 0 Å². The molecule has 1 aliphatic rings. The molecule has 0 radical (unpaired) electrons. The highest BCUT2D eigenvalue weighted by molar-refractivity contribution is 7.90. The first-order valence-electron chi connectivity index (χ1n) is 8.24. The van der Waals surface area contributed by atoms with Crippen molar-refractivity contribution >= 4 is 10.0 Å². The Hall–Kier alpha value is -1.85. The molecule has 0 amide bonds. The van der Waals surface area contributed by atoms with Gasteiger partial charge in [0, 0.05) is 6.04 Å². The average Bonchev–Trinajstić information content (AvgIpc) is 2.94. The van der Waals surface area contributed by atoms with Crippen LogP contribution in [0.15, 0.2) is 48.5 Å². The number of ether oxygens (including phenoxy) is 1. The summed E-state index contributed by atoms with van der Waals surface area (Å²) in [5.74, 6) is 0.848. The van der Waals surface area contributed by atoms with Crippen molar-refractivity contribution in [3.05, 3.63) is 65.2 Å². The molecule has 0 unspecified atom stereocenters. The van der Waals surface area contributed by atoms with Crippen LogP contribution in [-0.2, 0) is 29.5 Å². The molecule has 24 heavy (non-hydrogen) atoms. The molecule has 4 nitrogen and oxygen atoms in total. The maximum Gasteiger partial charge on any atom is 0.214 e. The summed E-state index contributed by atoms with van der Waals surface area (Å²) < 4.78 is 32.7. The first-order chi connectivity index (χ1) is 11.4. The van der Waals surface area contributed by atoms with Crippen molar-refractivity contribution in [1.29, 1.82) is 0 Å². The van der Waals surface area contributed by atoms with Crippen LogP contribution in [-0.4, -0.2) is 19.7 Å². The van der Waals surface area contributed by atoms with E-state index in [2.05, 4.69) is 22.9 Å². The summed E-state index contributed by atoms with van der Waals surface area (Å²) >= 11 is 0. The van der Waals surface area contributed by atoms with Gasteiger partial charge in [0.2, 0.25) is 10.0 Å². The highest BCUT2D eigenvalue weighted by Gasteiger charge is 2.27. The van der Waals surface area contributed by atoms with Crippen LogP contribution in [0.3, 0.4) is 0 Å². The molecular formula is C19H23NO3S. The molecule has 0 saturated carbocycles. The molecule has 2 aromatic carbocycles. The van der Waals surface area contributed by atoms with Gasteiger partial charge in [-0.05, 0) is 55.5 Å². The van der Waals surface area contributed by atoms with Crippen molar-refractivity contribution in [3.8, 4) is 5.75 Å². The van der Waals surface area contributed by atoms with E-state index in [4.69, 9.17) is 4.74 Å². The van der Waals surface area contributed by atoms with Crippen molar-refractivity contribution in [3.63, 3.8) is 0 Å². The summed E-state index contributed by atoms with van der Waals surface area (Å²) in [6, 6.07) is 15.9. The van der Waals surface area contributed by atoms with Crippen LogP contribution in [0.25, 0.3) is 0 Å². The second kappa shape index (κ2) is 6.95. The molecule has 0 heterocycles. The third-order valence-corrected chi connectivity index (χ3v) is 6.21. The molecule has 0 saturated heterocycles. The summed E-state index contributed by atoms with van der Waals surface area (Å²) in [4.78, 5) is 0. The second-order valence-corrected chi connectivity index (χ2v) is 8.79. The highest BCUT2D eigenvalue weighted by Crippen LogP contribution is 2.25. The summed E-state index contributed by atoms with van der Waals surface area (Å²) in [7, 11) is -3.23. The molecule has 1 N–H and O–H groups in total. The molecule has 0 aliphatic heterocycles. The summed E-state index contributed by atoms with van der Waals surface area (Å²) in [6.07, 6.45) is 1.49. The molecule has 0 bridgehead atoms. The molecule has 1 aliphatic carbocycles. The minimum Gasteiger partial charge on any atom is -0.489 e. The van der Waals surface area contributed by atoms with Crippen molar-refractivity contribution in [2.45, 2.75) is 44.6 Å². The Labute approximate surface area is 143 Å². The third-order valence-electron chi connectivity index (χ3n) is 4.30. The molecule has 2 aromatic rings. The predicted molar refractivity (Wildman–Crippen MR) is 95.6 cm³/mol. The van der Waals surface area contributed by atoms with Crippen LogP contribution in [0, 0.1) is 0 Å². The normalized spacial score (nSPS) is 17.0. The Bertz CT molecular complexity index is 801. The van der Waals surface area contributed by atoms with Gasteiger partial charge in [0.1, 0.15) is 12.4 Å². The van der Waals surface area contributed by atoms with Gasteiger partial charge in [-0.25, -0.2) is 13.1 Å². The Morgan fingerprint density at radius 1 is 1.08 bits per heavy atom. The zero-order chi connectivity index (χ0) is 17.2. The van der Waals surface area contributed by atoms with E-state index in [0.29, 0.717) is 6.61 Å². The van der Waals surface area contributed by atoms with Crippen LogP contribution >= 0.6 is 0 Å². The number of nitrogens with one attached hydrogen (secondary N) is 1. The number of rotatable bonds is 6. The van der Waals surface area contributed by atoms with Crippen LogP contribution in [0.2, 0.25) is 0 Å². The minimum atomic E-state index is -3.23. The fourth-order valence-corrected chi connectivity index (χ4v) is 3.80. The summed E-state index contributed by atoms with van der Waals surface area (Å²) in [6.45, 7) is 3.91. The Kier molecular flexibility index (Phi) is 4.92. The lowest BCUT2D eigenvalue weighted by molar-refractivity contribution is 0.306. The summed E-state index contributed by atoms with van der Waals surface area (Å²) in [5, 5.41) is -0.406. The van der Waals surface area contributed by atoms with E-state index in [-0.39, 0.29) is 6.04 Å². The van der Waals surface area contributed by atoms with Crippen LogP contribution in [0.4, 0.5) is 0 Å². The number of sulfonamides is 1. The molecule has 128 valence electrons. The number of hydrogen-bond acceptors (Lipinski definition) is 3. The molecule has 3 rings (SSSR count). The number of hydrogen-bond donors (Lipinski definition) is 1. The summed E-state index contributed by atoms with van der Waals surface area (Å²) in [5.41, 5.74) is 3.53. The van der Waals surface area contributed by atoms with Gasteiger partial charge >= 0.3 is 0 Å². The number of para-hydroxylation sites is 1. The third kappa shape index (κ3) is 3.97.